The van der Waals surface area contributed by atoms with Crippen molar-refractivity contribution < 1.29 is 4.79 Å². The van der Waals surface area contributed by atoms with Crippen molar-refractivity contribution in [2.75, 3.05) is 5.32 Å². The Morgan fingerprint density at radius 1 is 1.33 bits per heavy atom. The molecule has 2 heterocycles. The van der Waals surface area contributed by atoms with Gasteiger partial charge in [-0.05, 0) is 53.8 Å². The van der Waals surface area contributed by atoms with Gasteiger partial charge in [-0.25, -0.2) is 4.98 Å². The van der Waals surface area contributed by atoms with E-state index >= 15 is 0 Å². The van der Waals surface area contributed by atoms with Crippen molar-refractivity contribution in [1.29, 1.82) is 0 Å². The Bertz CT molecular complexity index is 841. The SMILES string of the molecule is Cc1nn(C)c2ncc(NC(=O)c3cccc(I)c3)cc12. The van der Waals surface area contributed by atoms with E-state index in [4.69, 9.17) is 0 Å². The molecule has 5 nitrogen and oxygen atoms in total. The van der Waals surface area contributed by atoms with Crippen LogP contribution >= 0.6 is 22.6 Å². The van der Waals surface area contributed by atoms with Gasteiger partial charge in [0.25, 0.3) is 5.91 Å². The van der Waals surface area contributed by atoms with Crippen LogP contribution in [0.1, 0.15) is 16.1 Å². The van der Waals surface area contributed by atoms with Crippen molar-refractivity contribution in [2.24, 2.45) is 7.05 Å². The van der Waals surface area contributed by atoms with Gasteiger partial charge in [0.05, 0.1) is 17.6 Å². The van der Waals surface area contributed by atoms with Gasteiger partial charge in [0, 0.05) is 21.6 Å². The van der Waals surface area contributed by atoms with Gasteiger partial charge in [0.1, 0.15) is 0 Å². The summed E-state index contributed by atoms with van der Waals surface area (Å²) in [6, 6.07) is 9.35. The first-order chi connectivity index (χ1) is 10.0. The fraction of sp³-hybridized carbons (Fsp3) is 0.133. The van der Waals surface area contributed by atoms with E-state index in [0.717, 1.165) is 20.3 Å². The van der Waals surface area contributed by atoms with E-state index < -0.39 is 0 Å². The van der Waals surface area contributed by atoms with Gasteiger partial charge in [-0.3, -0.25) is 9.48 Å². The second kappa shape index (κ2) is 5.44. The maximum Gasteiger partial charge on any atom is 0.255 e. The lowest BCUT2D eigenvalue weighted by molar-refractivity contribution is 0.102. The van der Waals surface area contributed by atoms with Gasteiger partial charge in [-0.1, -0.05) is 6.07 Å². The molecule has 0 unspecified atom stereocenters. The van der Waals surface area contributed by atoms with Gasteiger partial charge in [0.15, 0.2) is 5.65 Å². The second-order valence-electron chi connectivity index (χ2n) is 4.77. The lowest BCUT2D eigenvalue weighted by atomic mass is 10.2. The fourth-order valence-electron chi connectivity index (χ4n) is 2.21. The lowest BCUT2D eigenvalue weighted by Crippen LogP contribution is -2.12. The first-order valence-corrected chi connectivity index (χ1v) is 7.49. The van der Waals surface area contributed by atoms with Crippen LogP contribution in [0.4, 0.5) is 5.69 Å². The number of anilines is 1. The summed E-state index contributed by atoms with van der Waals surface area (Å²) >= 11 is 2.19. The van der Waals surface area contributed by atoms with Crippen molar-refractivity contribution in [3.63, 3.8) is 0 Å². The van der Waals surface area contributed by atoms with Crippen LogP contribution in [-0.2, 0) is 7.05 Å². The Hall–Kier alpha value is -1.96. The number of aromatic nitrogens is 3. The summed E-state index contributed by atoms with van der Waals surface area (Å²) in [6.07, 6.45) is 1.65. The van der Waals surface area contributed by atoms with Gasteiger partial charge < -0.3 is 5.32 Å². The molecule has 0 saturated heterocycles. The number of carbonyl (C=O) groups is 1. The Balaban J connectivity index is 1.91. The summed E-state index contributed by atoms with van der Waals surface area (Å²) in [6.45, 7) is 1.93. The molecule has 3 aromatic rings. The molecule has 0 bridgehead atoms. The first kappa shape index (κ1) is 14.0. The Kier molecular flexibility index (Phi) is 3.62. The molecule has 6 heteroatoms. The highest BCUT2D eigenvalue weighted by Gasteiger charge is 2.10. The van der Waals surface area contributed by atoms with Crippen LogP contribution in [0.25, 0.3) is 11.0 Å². The molecular formula is C15H13IN4O. The highest BCUT2D eigenvalue weighted by molar-refractivity contribution is 14.1. The molecule has 106 valence electrons. The van der Waals surface area contributed by atoms with Crippen LogP contribution in [0.5, 0.6) is 0 Å². The minimum atomic E-state index is -0.142. The third-order valence-corrected chi connectivity index (χ3v) is 3.88. The molecule has 0 saturated carbocycles. The summed E-state index contributed by atoms with van der Waals surface area (Å²) in [5.74, 6) is -0.142. The zero-order valence-corrected chi connectivity index (χ0v) is 13.7. The van der Waals surface area contributed by atoms with Crippen molar-refractivity contribution in [2.45, 2.75) is 6.92 Å². The van der Waals surface area contributed by atoms with Gasteiger partial charge >= 0.3 is 0 Å². The summed E-state index contributed by atoms with van der Waals surface area (Å²) < 4.78 is 2.76. The number of hydrogen-bond acceptors (Lipinski definition) is 3. The average molecular weight is 392 g/mol. The van der Waals surface area contributed by atoms with E-state index in [1.54, 1.807) is 16.9 Å². The lowest BCUT2D eigenvalue weighted by Gasteiger charge is -2.05. The van der Waals surface area contributed by atoms with Crippen molar-refractivity contribution in [3.8, 4) is 0 Å². The molecular weight excluding hydrogens is 379 g/mol. The average Bonchev–Trinajstić information content (AvgIpc) is 2.74. The predicted octanol–water partition coefficient (Wildman–Crippen LogP) is 3.13. The third kappa shape index (κ3) is 2.76. The zero-order valence-electron chi connectivity index (χ0n) is 11.6. The summed E-state index contributed by atoms with van der Waals surface area (Å²) in [5.41, 5.74) is 3.00. The zero-order chi connectivity index (χ0) is 15.0. The molecule has 2 aromatic heterocycles. The fourth-order valence-corrected chi connectivity index (χ4v) is 2.75. The van der Waals surface area contributed by atoms with Crippen LogP contribution in [-0.4, -0.2) is 20.7 Å². The predicted molar refractivity (Wildman–Crippen MR) is 90.4 cm³/mol. The maximum atomic E-state index is 12.2. The van der Waals surface area contributed by atoms with E-state index in [9.17, 15) is 4.79 Å². The highest BCUT2D eigenvalue weighted by Crippen LogP contribution is 2.20. The van der Waals surface area contributed by atoms with Crippen molar-refractivity contribution in [3.05, 3.63) is 51.4 Å². The normalized spacial score (nSPS) is 10.8. The third-order valence-electron chi connectivity index (χ3n) is 3.21. The minimum Gasteiger partial charge on any atom is -0.321 e. The van der Waals surface area contributed by atoms with Crippen molar-refractivity contribution >= 4 is 45.2 Å². The molecule has 0 aliphatic heterocycles. The van der Waals surface area contributed by atoms with Crippen LogP contribution in [0.15, 0.2) is 36.5 Å². The van der Waals surface area contributed by atoms with Gasteiger partial charge in [0.2, 0.25) is 0 Å². The van der Waals surface area contributed by atoms with E-state index in [-0.39, 0.29) is 5.91 Å². The molecule has 0 atom stereocenters. The molecule has 21 heavy (non-hydrogen) atoms. The number of nitrogens with zero attached hydrogens (tertiary/aromatic N) is 3. The maximum absolute atomic E-state index is 12.2. The number of carbonyl (C=O) groups excluding carboxylic acids is 1. The molecule has 1 aromatic carbocycles. The quantitative estimate of drug-likeness (QED) is 0.682. The first-order valence-electron chi connectivity index (χ1n) is 6.41. The molecule has 1 amide bonds. The van der Waals surface area contributed by atoms with Crippen LogP contribution < -0.4 is 5.32 Å². The van der Waals surface area contributed by atoms with E-state index in [1.165, 1.54) is 0 Å². The van der Waals surface area contributed by atoms with Crippen molar-refractivity contribution in [1.82, 2.24) is 14.8 Å². The number of amides is 1. The Morgan fingerprint density at radius 2 is 2.14 bits per heavy atom. The molecule has 0 fully saturated rings. The summed E-state index contributed by atoms with van der Waals surface area (Å²) in [7, 11) is 1.85. The number of fused-ring (bicyclic) bond motifs is 1. The molecule has 0 radical (unpaired) electrons. The monoisotopic (exact) mass is 392 g/mol. The number of aryl methyl sites for hydroxylation is 2. The van der Waals surface area contributed by atoms with Crippen LogP contribution in [0, 0.1) is 10.5 Å². The summed E-state index contributed by atoms with van der Waals surface area (Å²) in [4.78, 5) is 16.6. The number of benzene rings is 1. The largest absolute Gasteiger partial charge is 0.321 e. The van der Waals surface area contributed by atoms with Gasteiger partial charge in [-0.2, -0.15) is 5.10 Å². The van der Waals surface area contributed by atoms with Crippen LogP contribution in [0.2, 0.25) is 0 Å². The van der Waals surface area contributed by atoms with E-state index in [1.807, 2.05) is 38.2 Å². The van der Waals surface area contributed by atoms with Crippen LogP contribution in [0.3, 0.4) is 0 Å². The number of rotatable bonds is 2. The second-order valence-corrected chi connectivity index (χ2v) is 6.01. The Labute approximate surface area is 135 Å². The minimum absolute atomic E-state index is 0.142. The number of nitrogens with one attached hydrogen (secondary N) is 1. The highest BCUT2D eigenvalue weighted by atomic mass is 127. The number of hydrogen-bond donors (Lipinski definition) is 1. The standard InChI is InChI=1S/C15H13IN4O/c1-9-13-7-12(8-17-14(13)20(2)19-9)18-15(21)10-4-3-5-11(16)6-10/h3-8H,1-2H3,(H,18,21). The Morgan fingerprint density at radius 3 is 2.90 bits per heavy atom. The van der Waals surface area contributed by atoms with Gasteiger partial charge in [-0.15, -0.1) is 0 Å². The molecule has 1 N–H and O–H groups in total. The molecule has 0 aliphatic rings. The topological polar surface area (TPSA) is 59.8 Å². The number of pyridine rings is 1. The van der Waals surface area contributed by atoms with E-state index in [0.29, 0.717) is 11.3 Å². The smallest absolute Gasteiger partial charge is 0.255 e. The molecule has 0 spiro atoms. The molecule has 0 aliphatic carbocycles. The summed E-state index contributed by atoms with van der Waals surface area (Å²) in [5, 5.41) is 8.14. The van der Waals surface area contributed by atoms with E-state index in [2.05, 4.69) is 38.0 Å². The number of halogens is 1. The molecule has 3 rings (SSSR count).